The molecule has 19 heavy (non-hydrogen) atoms. The first kappa shape index (κ1) is 13.8. The monoisotopic (exact) mass is 277 g/mol. The third kappa shape index (κ3) is 3.92. The summed E-state index contributed by atoms with van der Waals surface area (Å²) in [6.07, 6.45) is 0.698. The van der Waals surface area contributed by atoms with E-state index in [1.165, 1.54) is 11.5 Å². The Balaban J connectivity index is 2.03. The predicted molar refractivity (Wildman–Crippen MR) is 79.0 cm³/mol. The summed E-state index contributed by atoms with van der Waals surface area (Å²) in [7, 11) is 1.68. The van der Waals surface area contributed by atoms with Gasteiger partial charge in [-0.05, 0) is 12.0 Å². The summed E-state index contributed by atoms with van der Waals surface area (Å²) in [4.78, 5) is 4.49. The van der Waals surface area contributed by atoms with E-state index in [4.69, 9.17) is 4.74 Å². The maximum atomic E-state index is 5.34. The van der Waals surface area contributed by atoms with Crippen LogP contribution in [0.4, 0.5) is 5.13 Å². The zero-order valence-corrected chi connectivity index (χ0v) is 12.3. The SMILES string of the molecule is COc1ccccc1Cc1nsc(NCC(C)C)n1. The second kappa shape index (κ2) is 6.52. The Morgan fingerprint density at radius 2 is 2.11 bits per heavy atom. The van der Waals surface area contributed by atoms with E-state index in [1.807, 2.05) is 24.3 Å². The maximum absolute atomic E-state index is 5.34. The Morgan fingerprint density at radius 3 is 2.84 bits per heavy atom. The van der Waals surface area contributed by atoms with Crippen LogP contribution in [-0.2, 0) is 6.42 Å². The number of hydrogen-bond donors (Lipinski definition) is 1. The number of nitrogens with zero attached hydrogens (tertiary/aromatic N) is 2. The molecule has 5 heteroatoms. The first-order valence-electron chi connectivity index (χ1n) is 6.37. The maximum Gasteiger partial charge on any atom is 0.202 e. The average Bonchev–Trinajstić information content (AvgIpc) is 2.85. The van der Waals surface area contributed by atoms with Crippen molar-refractivity contribution in [3.05, 3.63) is 35.7 Å². The summed E-state index contributed by atoms with van der Waals surface area (Å²) < 4.78 is 9.71. The van der Waals surface area contributed by atoms with E-state index in [2.05, 4.69) is 28.5 Å². The molecule has 0 aliphatic rings. The molecule has 0 amide bonds. The smallest absolute Gasteiger partial charge is 0.202 e. The van der Waals surface area contributed by atoms with Gasteiger partial charge in [-0.15, -0.1) is 0 Å². The second-order valence-corrected chi connectivity index (χ2v) is 5.53. The van der Waals surface area contributed by atoms with E-state index < -0.39 is 0 Å². The molecule has 2 rings (SSSR count). The van der Waals surface area contributed by atoms with Crippen molar-refractivity contribution in [3.63, 3.8) is 0 Å². The quantitative estimate of drug-likeness (QED) is 0.880. The van der Waals surface area contributed by atoms with Gasteiger partial charge in [0.1, 0.15) is 11.6 Å². The minimum atomic E-state index is 0.599. The lowest BCUT2D eigenvalue weighted by atomic mass is 10.1. The Morgan fingerprint density at radius 1 is 1.32 bits per heavy atom. The molecule has 0 saturated carbocycles. The number of aromatic nitrogens is 2. The van der Waals surface area contributed by atoms with Gasteiger partial charge in [-0.3, -0.25) is 0 Å². The molecule has 0 fully saturated rings. The summed E-state index contributed by atoms with van der Waals surface area (Å²) in [5.74, 6) is 2.32. The summed E-state index contributed by atoms with van der Waals surface area (Å²) in [6, 6.07) is 7.97. The number of para-hydroxylation sites is 1. The largest absolute Gasteiger partial charge is 0.496 e. The van der Waals surface area contributed by atoms with E-state index in [0.29, 0.717) is 12.3 Å². The van der Waals surface area contributed by atoms with Gasteiger partial charge in [0.15, 0.2) is 0 Å². The minimum Gasteiger partial charge on any atom is -0.496 e. The highest BCUT2D eigenvalue weighted by atomic mass is 32.1. The molecule has 4 nitrogen and oxygen atoms in total. The van der Waals surface area contributed by atoms with Crippen molar-refractivity contribution in [2.24, 2.45) is 5.92 Å². The van der Waals surface area contributed by atoms with Crippen LogP contribution < -0.4 is 10.1 Å². The molecule has 0 aliphatic heterocycles. The molecule has 0 saturated heterocycles. The molecule has 1 aromatic heterocycles. The molecule has 102 valence electrons. The van der Waals surface area contributed by atoms with E-state index >= 15 is 0 Å². The number of ether oxygens (including phenoxy) is 1. The number of nitrogens with one attached hydrogen (secondary N) is 1. The Labute approximate surface area is 118 Å². The molecule has 0 spiro atoms. The van der Waals surface area contributed by atoms with Gasteiger partial charge in [-0.2, -0.15) is 4.37 Å². The number of benzene rings is 1. The van der Waals surface area contributed by atoms with Crippen molar-refractivity contribution in [3.8, 4) is 5.75 Å². The summed E-state index contributed by atoms with van der Waals surface area (Å²) in [5.41, 5.74) is 1.11. The zero-order valence-electron chi connectivity index (χ0n) is 11.5. The molecule has 1 aromatic carbocycles. The summed E-state index contributed by atoms with van der Waals surface area (Å²) in [6.45, 7) is 5.26. The Kier molecular flexibility index (Phi) is 4.74. The molecule has 0 bridgehead atoms. The normalized spacial score (nSPS) is 10.7. The number of hydrogen-bond acceptors (Lipinski definition) is 5. The Bertz CT molecular complexity index is 525. The minimum absolute atomic E-state index is 0.599. The van der Waals surface area contributed by atoms with Gasteiger partial charge in [-0.1, -0.05) is 32.0 Å². The van der Waals surface area contributed by atoms with Crippen LogP contribution in [0.1, 0.15) is 25.2 Å². The van der Waals surface area contributed by atoms with Crippen LogP contribution in [0.3, 0.4) is 0 Å². The van der Waals surface area contributed by atoms with Gasteiger partial charge in [0, 0.05) is 30.1 Å². The summed E-state index contributed by atoms with van der Waals surface area (Å²) in [5, 5.41) is 4.18. The molecule has 0 aliphatic carbocycles. The van der Waals surface area contributed by atoms with Gasteiger partial charge in [-0.25, -0.2) is 4.98 Å². The number of rotatable bonds is 6. The van der Waals surface area contributed by atoms with Crippen molar-refractivity contribution >= 4 is 16.7 Å². The van der Waals surface area contributed by atoms with Gasteiger partial charge in [0.25, 0.3) is 0 Å². The van der Waals surface area contributed by atoms with E-state index in [9.17, 15) is 0 Å². The van der Waals surface area contributed by atoms with Crippen molar-refractivity contribution in [2.45, 2.75) is 20.3 Å². The van der Waals surface area contributed by atoms with E-state index in [-0.39, 0.29) is 0 Å². The van der Waals surface area contributed by atoms with Crippen molar-refractivity contribution in [1.29, 1.82) is 0 Å². The third-order valence-corrected chi connectivity index (χ3v) is 3.38. The van der Waals surface area contributed by atoms with Gasteiger partial charge >= 0.3 is 0 Å². The standard InChI is InChI=1S/C14H19N3OS/c1-10(2)9-15-14-16-13(17-19-14)8-11-6-4-5-7-12(11)18-3/h4-7,10H,8-9H2,1-3H3,(H,15,16,17). The van der Waals surface area contributed by atoms with Crippen LogP contribution >= 0.6 is 11.5 Å². The number of methoxy groups -OCH3 is 1. The van der Waals surface area contributed by atoms with Gasteiger partial charge < -0.3 is 10.1 Å². The molecule has 1 N–H and O–H groups in total. The molecule has 2 aromatic rings. The van der Waals surface area contributed by atoms with Crippen LogP contribution in [0.2, 0.25) is 0 Å². The van der Waals surface area contributed by atoms with Crippen LogP contribution in [0.15, 0.2) is 24.3 Å². The lowest BCUT2D eigenvalue weighted by Crippen LogP contribution is -2.07. The summed E-state index contributed by atoms with van der Waals surface area (Å²) >= 11 is 1.41. The highest BCUT2D eigenvalue weighted by molar-refractivity contribution is 7.09. The van der Waals surface area contributed by atoms with Crippen LogP contribution in [0, 0.1) is 5.92 Å². The average molecular weight is 277 g/mol. The van der Waals surface area contributed by atoms with E-state index in [0.717, 1.165) is 28.8 Å². The number of anilines is 1. The topological polar surface area (TPSA) is 47.0 Å². The van der Waals surface area contributed by atoms with Crippen molar-refractivity contribution in [2.75, 3.05) is 19.0 Å². The lowest BCUT2D eigenvalue weighted by molar-refractivity contribution is 0.410. The molecular weight excluding hydrogens is 258 g/mol. The van der Waals surface area contributed by atoms with Gasteiger partial charge in [0.05, 0.1) is 7.11 Å². The molecule has 0 atom stereocenters. The van der Waals surface area contributed by atoms with Crippen LogP contribution in [0.5, 0.6) is 5.75 Å². The van der Waals surface area contributed by atoms with Crippen molar-refractivity contribution < 1.29 is 4.74 Å². The fraction of sp³-hybridized carbons (Fsp3) is 0.429. The fourth-order valence-electron chi connectivity index (χ4n) is 1.71. The molecule has 0 unspecified atom stereocenters. The first-order chi connectivity index (χ1) is 9.19. The van der Waals surface area contributed by atoms with Crippen LogP contribution in [-0.4, -0.2) is 23.0 Å². The van der Waals surface area contributed by atoms with Crippen molar-refractivity contribution in [1.82, 2.24) is 9.36 Å². The highest BCUT2D eigenvalue weighted by Gasteiger charge is 2.08. The highest BCUT2D eigenvalue weighted by Crippen LogP contribution is 2.21. The van der Waals surface area contributed by atoms with Gasteiger partial charge in [0.2, 0.25) is 5.13 Å². The zero-order chi connectivity index (χ0) is 13.7. The van der Waals surface area contributed by atoms with E-state index in [1.54, 1.807) is 7.11 Å². The molecule has 0 radical (unpaired) electrons. The second-order valence-electron chi connectivity index (χ2n) is 4.78. The lowest BCUT2D eigenvalue weighted by Gasteiger charge is -2.05. The third-order valence-electron chi connectivity index (χ3n) is 2.67. The predicted octanol–water partition coefficient (Wildman–Crippen LogP) is 3.21. The Hall–Kier alpha value is -1.62. The van der Waals surface area contributed by atoms with Crippen LogP contribution in [0.25, 0.3) is 0 Å². The first-order valence-corrected chi connectivity index (χ1v) is 7.14. The molecular formula is C14H19N3OS. The fourth-order valence-corrected chi connectivity index (χ4v) is 2.30. The molecule has 1 heterocycles.